The zero-order valence-electron chi connectivity index (χ0n) is 16.3. The lowest BCUT2D eigenvalue weighted by Gasteiger charge is -2.26. The van der Waals surface area contributed by atoms with Gasteiger partial charge in [0.05, 0.1) is 12.8 Å². The summed E-state index contributed by atoms with van der Waals surface area (Å²) in [6, 6.07) is 0.384. The van der Waals surface area contributed by atoms with Gasteiger partial charge in [-0.15, -0.1) is 0 Å². The van der Waals surface area contributed by atoms with Gasteiger partial charge in [-0.25, -0.2) is 0 Å². The average molecular weight is 363 g/mol. The molecular formula is C19H34N6O. The molecular weight excluding hydrogens is 328 g/mol. The molecule has 7 nitrogen and oxygen atoms in total. The van der Waals surface area contributed by atoms with Gasteiger partial charge in [-0.3, -0.25) is 0 Å². The van der Waals surface area contributed by atoms with Crippen LogP contribution in [0, 0.1) is 0 Å². The first kappa shape index (κ1) is 19.0. The minimum Gasteiger partial charge on any atom is -0.460 e. The minimum absolute atomic E-state index is 0.0880. The van der Waals surface area contributed by atoms with Crippen molar-refractivity contribution in [3.05, 3.63) is 0 Å². The molecule has 1 fully saturated rings. The number of likely N-dealkylation sites (tertiary alicyclic amines) is 1. The molecule has 7 heteroatoms. The number of hydrogen-bond donors (Lipinski definition) is 2. The topological polar surface area (TPSA) is 79.5 Å². The van der Waals surface area contributed by atoms with Crippen LogP contribution in [0.3, 0.4) is 0 Å². The van der Waals surface area contributed by atoms with Crippen molar-refractivity contribution >= 4 is 17.3 Å². The summed E-state index contributed by atoms with van der Waals surface area (Å²) >= 11 is 0. The number of nitrogen functional groups attached to an aromatic ring is 1. The number of anilines is 3. The molecule has 2 aliphatic rings. The van der Waals surface area contributed by atoms with Crippen molar-refractivity contribution in [2.75, 3.05) is 48.8 Å². The number of ether oxygens (including phenoxy) is 1. The highest BCUT2D eigenvalue weighted by molar-refractivity contribution is 5.80. The number of nitrogens with one attached hydrogen (secondary N) is 1. The molecule has 0 saturated carbocycles. The quantitative estimate of drug-likeness (QED) is 0.654. The van der Waals surface area contributed by atoms with Crippen LogP contribution in [0.2, 0.25) is 0 Å². The number of aromatic nitrogens is 2. The number of nitrogens with two attached hydrogens (primary N) is 1. The van der Waals surface area contributed by atoms with E-state index in [9.17, 15) is 0 Å². The van der Waals surface area contributed by atoms with Crippen LogP contribution >= 0.6 is 0 Å². The van der Waals surface area contributed by atoms with Crippen LogP contribution in [0.15, 0.2) is 0 Å². The lowest BCUT2D eigenvalue weighted by Crippen LogP contribution is -2.30. The molecule has 146 valence electrons. The molecule has 26 heavy (non-hydrogen) atoms. The van der Waals surface area contributed by atoms with E-state index in [0.29, 0.717) is 11.8 Å². The summed E-state index contributed by atoms with van der Waals surface area (Å²) in [7, 11) is 0. The molecule has 0 aromatic carbocycles. The van der Waals surface area contributed by atoms with E-state index in [1.54, 1.807) is 0 Å². The Kier molecular flexibility index (Phi) is 6.77. The monoisotopic (exact) mass is 362 g/mol. The molecule has 0 amide bonds. The Morgan fingerprint density at radius 3 is 2.65 bits per heavy atom. The van der Waals surface area contributed by atoms with Gasteiger partial charge in [0.2, 0.25) is 0 Å². The first-order valence-corrected chi connectivity index (χ1v) is 10.2. The fourth-order valence-electron chi connectivity index (χ4n) is 3.59. The van der Waals surface area contributed by atoms with Gasteiger partial charge >= 0.3 is 6.01 Å². The van der Waals surface area contributed by atoms with Gasteiger partial charge < -0.3 is 25.6 Å². The third kappa shape index (κ3) is 4.90. The van der Waals surface area contributed by atoms with E-state index in [-0.39, 0.29) is 6.10 Å². The SMILES string of the molecule is CC[C@H](C)Oc1nc(N)c2c(n1)N(CCCCCN1CCCCC1)CN2. The fraction of sp³-hybridized carbons (Fsp3) is 0.789. The van der Waals surface area contributed by atoms with Crippen molar-refractivity contribution in [1.29, 1.82) is 0 Å². The summed E-state index contributed by atoms with van der Waals surface area (Å²) < 4.78 is 5.77. The summed E-state index contributed by atoms with van der Waals surface area (Å²) in [5, 5.41) is 3.32. The van der Waals surface area contributed by atoms with Gasteiger partial charge in [-0.1, -0.05) is 19.8 Å². The number of piperidine rings is 1. The van der Waals surface area contributed by atoms with Gasteiger partial charge in [0.1, 0.15) is 5.69 Å². The highest BCUT2D eigenvalue weighted by Crippen LogP contribution is 2.35. The van der Waals surface area contributed by atoms with E-state index < -0.39 is 0 Å². The zero-order chi connectivity index (χ0) is 18.4. The molecule has 1 aromatic rings. The predicted octanol–water partition coefficient (Wildman–Crippen LogP) is 3.08. The maximum Gasteiger partial charge on any atom is 0.320 e. The van der Waals surface area contributed by atoms with Crippen molar-refractivity contribution in [3.63, 3.8) is 0 Å². The maximum atomic E-state index is 6.09. The molecule has 3 heterocycles. The average Bonchev–Trinajstić information content (AvgIpc) is 3.06. The number of unbranched alkanes of at least 4 members (excludes halogenated alkanes) is 2. The van der Waals surface area contributed by atoms with E-state index in [1.165, 1.54) is 58.2 Å². The number of nitrogens with zero attached hydrogens (tertiary/aromatic N) is 4. The Bertz CT molecular complexity index is 575. The Balaban J connectivity index is 1.47. The van der Waals surface area contributed by atoms with Crippen LogP contribution < -0.4 is 20.7 Å². The lowest BCUT2D eigenvalue weighted by molar-refractivity contribution is 0.200. The molecule has 3 N–H and O–H groups in total. The Hall–Kier alpha value is -1.76. The smallest absolute Gasteiger partial charge is 0.320 e. The van der Waals surface area contributed by atoms with Crippen LogP contribution in [0.25, 0.3) is 0 Å². The van der Waals surface area contributed by atoms with Gasteiger partial charge in [0.15, 0.2) is 11.6 Å². The number of rotatable bonds is 9. The maximum absolute atomic E-state index is 6.09. The summed E-state index contributed by atoms with van der Waals surface area (Å²) in [5.74, 6) is 1.35. The second-order valence-corrected chi connectivity index (χ2v) is 7.49. The van der Waals surface area contributed by atoms with Crippen molar-refractivity contribution in [2.45, 2.75) is 64.9 Å². The molecule has 0 unspecified atom stereocenters. The second kappa shape index (κ2) is 9.26. The van der Waals surface area contributed by atoms with Crippen LogP contribution in [-0.2, 0) is 0 Å². The summed E-state index contributed by atoms with van der Waals surface area (Å²) in [6.07, 6.45) is 8.86. The first-order chi connectivity index (χ1) is 12.7. The van der Waals surface area contributed by atoms with Crippen molar-refractivity contribution in [1.82, 2.24) is 14.9 Å². The third-order valence-corrected chi connectivity index (χ3v) is 5.38. The summed E-state index contributed by atoms with van der Waals surface area (Å²) in [4.78, 5) is 13.7. The van der Waals surface area contributed by atoms with Crippen molar-refractivity contribution < 1.29 is 4.74 Å². The summed E-state index contributed by atoms with van der Waals surface area (Å²) in [5.41, 5.74) is 6.93. The molecule has 1 aromatic heterocycles. The standard InChI is InChI=1S/C19H34N6O/c1-3-15(2)26-19-22-17(20)16-18(23-19)25(14-21-16)13-9-5-8-12-24-10-6-4-7-11-24/h15,21H,3-14H2,1-2H3,(H2,20,22,23)/t15-/m0/s1. The second-order valence-electron chi connectivity index (χ2n) is 7.49. The number of hydrogen-bond acceptors (Lipinski definition) is 7. The van der Waals surface area contributed by atoms with E-state index in [2.05, 4.69) is 32.0 Å². The first-order valence-electron chi connectivity index (χ1n) is 10.2. The van der Waals surface area contributed by atoms with Gasteiger partial charge in [-0.05, 0) is 58.7 Å². The molecule has 0 bridgehead atoms. The van der Waals surface area contributed by atoms with E-state index in [1.807, 2.05) is 6.92 Å². The van der Waals surface area contributed by atoms with Crippen LogP contribution in [-0.4, -0.2) is 53.8 Å². The molecule has 1 atom stereocenters. The highest BCUT2D eigenvalue weighted by atomic mass is 16.5. The van der Waals surface area contributed by atoms with Gasteiger partial charge in [0, 0.05) is 6.54 Å². The predicted molar refractivity (Wildman–Crippen MR) is 107 cm³/mol. The van der Waals surface area contributed by atoms with Crippen molar-refractivity contribution in [2.24, 2.45) is 0 Å². The molecule has 0 radical (unpaired) electrons. The van der Waals surface area contributed by atoms with Crippen LogP contribution in [0.5, 0.6) is 6.01 Å². The highest BCUT2D eigenvalue weighted by Gasteiger charge is 2.25. The molecule has 3 rings (SSSR count). The normalized spacial score (nSPS) is 18.5. The molecule has 2 aliphatic heterocycles. The summed E-state index contributed by atoms with van der Waals surface area (Å²) in [6.45, 7) is 9.66. The van der Waals surface area contributed by atoms with Gasteiger partial charge in [0.25, 0.3) is 0 Å². The Morgan fingerprint density at radius 2 is 1.88 bits per heavy atom. The van der Waals surface area contributed by atoms with E-state index >= 15 is 0 Å². The van der Waals surface area contributed by atoms with E-state index in [0.717, 1.165) is 31.1 Å². The molecule has 0 aliphatic carbocycles. The van der Waals surface area contributed by atoms with Gasteiger partial charge in [-0.2, -0.15) is 9.97 Å². The third-order valence-electron chi connectivity index (χ3n) is 5.38. The molecule has 1 saturated heterocycles. The van der Waals surface area contributed by atoms with Crippen LogP contribution in [0.4, 0.5) is 17.3 Å². The fourth-order valence-corrected chi connectivity index (χ4v) is 3.59. The molecule has 0 spiro atoms. The largest absolute Gasteiger partial charge is 0.460 e. The zero-order valence-corrected chi connectivity index (χ0v) is 16.3. The lowest BCUT2D eigenvalue weighted by atomic mass is 10.1. The van der Waals surface area contributed by atoms with E-state index in [4.69, 9.17) is 10.5 Å². The Morgan fingerprint density at radius 1 is 1.12 bits per heavy atom. The Labute approximate surface area is 157 Å². The minimum atomic E-state index is 0.0880. The van der Waals surface area contributed by atoms with Crippen LogP contribution in [0.1, 0.15) is 58.8 Å². The van der Waals surface area contributed by atoms with Crippen molar-refractivity contribution in [3.8, 4) is 6.01 Å². The number of fused-ring (bicyclic) bond motifs is 1.